The molecule has 1 aliphatic carbocycles. The molecule has 0 spiro atoms. The summed E-state index contributed by atoms with van der Waals surface area (Å²) in [7, 11) is 1.89. The van der Waals surface area contributed by atoms with E-state index >= 15 is 0 Å². The van der Waals surface area contributed by atoms with Crippen LogP contribution in [0.4, 0.5) is 0 Å². The van der Waals surface area contributed by atoms with Gasteiger partial charge in [-0.25, -0.2) is 0 Å². The van der Waals surface area contributed by atoms with Gasteiger partial charge in [-0.15, -0.1) is 0 Å². The summed E-state index contributed by atoms with van der Waals surface area (Å²) in [4.78, 5) is 13.8. The predicted molar refractivity (Wildman–Crippen MR) is 79.5 cm³/mol. The minimum atomic E-state index is -0.276. The Morgan fingerprint density at radius 3 is 2.48 bits per heavy atom. The van der Waals surface area contributed by atoms with E-state index in [4.69, 9.17) is 9.47 Å². The van der Waals surface area contributed by atoms with E-state index in [9.17, 15) is 9.90 Å². The van der Waals surface area contributed by atoms with Gasteiger partial charge in [0.15, 0.2) is 0 Å². The fourth-order valence-corrected chi connectivity index (χ4v) is 2.51. The average molecular weight is 293 g/mol. The molecule has 116 valence electrons. The van der Waals surface area contributed by atoms with E-state index in [0.29, 0.717) is 18.3 Å². The molecular formula is C16H23NO4. The number of hydrogen-bond acceptors (Lipinski definition) is 5. The van der Waals surface area contributed by atoms with Crippen LogP contribution in [0, 0.1) is 5.92 Å². The Morgan fingerprint density at radius 1 is 1.29 bits per heavy atom. The Morgan fingerprint density at radius 2 is 1.90 bits per heavy atom. The highest BCUT2D eigenvalue weighted by atomic mass is 16.5. The van der Waals surface area contributed by atoms with Crippen LogP contribution in [0.1, 0.15) is 19.8 Å². The number of likely N-dealkylation sites (N-methyl/N-ethyl adjacent to an activating group) is 1. The fraction of sp³-hybridized carbons (Fsp3) is 0.562. The van der Waals surface area contributed by atoms with Gasteiger partial charge in [0.2, 0.25) is 0 Å². The molecule has 1 aromatic rings. The average Bonchev–Trinajstić information content (AvgIpc) is 2.39. The predicted octanol–water partition coefficient (Wildman–Crippen LogP) is 1.69. The summed E-state index contributed by atoms with van der Waals surface area (Å²) in [5.41, 5.74) is 0. The third-order valence-corrected chi connectivity index (χ3v) is 3.55. The highest BCUT2D eigenvalue weighted by Crippen LogP contribution is 2.27. The van der Waals surface area contributed by atoms with Gasteiger partial charge in [-0.2, -0.15) is 0 Å². The maximum Gasteiger partial charge on any atom is 0.325 e. The Balaban J connectivity index is 1.73. The highest BCUT2D eigenvalue weighted by molar-refractivity contribution is 5.74. The van der Waals surface area contributed by atoms with E-state index in [1.807, 2.05) is 18.9 Å². The lowest BCUT2D eigenvalue weighted by Crippen LogP contribution is -2.39. The van der Waals surface area contributed by atoms with E-state index in [1.165, 1.54) is 0 Å². The zero-order valence-electron chi connectivity index (χ0n) is 12.6. The van der Waals surface area contributed by atoms with Gasteiger partial charge in [-0.05, 0) is 57.0 Å². The molecule has 0 unspecified atom stereocenters. The van der Waals surface area contributed by atoms with Gasteiger partial charge in [0.25, 0.3) is 0 Å². The molecule has 2 rings (SSSR count). The zero-order chi connectivity index (χ0) is 15.2. The third kappa shape index (κ3) is 5.02. The van der Waals surface area contributed by atoms with Gasteiger partial charge in [-0.1, -0.05) is 0 Å². The number of hydrogen-bond donors (Lipinski definition) is 1. The molecule has 1 aliphatic rings. The normalized spacial score (nSPS) is 21.0. The molecule has 5 nitrogen and oxygen atoms in total. The quantitative estimate of drug-likeness (QED) is 0.612. The molecule has 1 saturated carbocycles. The van der Waals surface area contributed by atoms with Crippen LogP contribution in [0.15, 0.2) is 24.3 Å². The van der Waals surface area contributed by atoms with Crippen molar-refractivity contribution >= 4 is 5.97 Å². The molecule has 0 aromatic heterocycles. The summed E-state index contributed by atoms with van der Waals surface area (Å²) >= 11 is 0. The van der Waals surface area contributed by atoms with Crippen molar-refractivity contribution in [2.45, 2.75) is 25.9 Å². The highest BCUT2D eigenvalue weighted by Gasteiger charge is 2.28. The van der Waals surface area contributed by atoms with Crippen LogP contribution in [-0.2, 0) is 4.79 Å². The van der Waals surface area contributed by atoms with Gasteiger partial charge in [-0.3, -0.25) is 9.69 Å². The molecule has 0 saturated heterocycles. The maximum atomic E-state index is 11.8. The number of aliphatic hydroxyl groups excluding tert-OH is 1. The van der Waals surface area contributed by atoms with Crippen LogP contribution in [0.2, 0.25) is 0 Å². The number of benzene rings is 1. The second kappa shape index (κ2) is 7.43. The third-order valence-electron chi connectivity index (χ3n) is 3.55. The standard InChI is InChI=1S/C16H23NO4/c1-3-20-14-4-6-15(7-5-14)21-16(19)11-17(2)10-12-8-13(18)9-12/h4-7,12-13,18H,3,8-11H2,1-2H3. The summed E-state index contributed by atoms with van der Waals surface area (Å²) in [5.74, 6) is 1.50. The Kier molecular flexibility index (Phi) is 5.59. The van der Waals surface area contributed by atoms with Crippen molar-refractivity contribution in [1.29, 1.82) is 0 Å². The molecule has 0 radical (unpaired) electrons. The van der Waals surface area contributed by atoms with Crippen LogP contribution in [0.3, 0.4) is 0 Å². The van der Waals surface area contributed by atoms with Gasteiger partial charge < -0.3 is 14.6 Å². The number of esters is 1. The largest absolute Gasteiger partial charge is 0.494 e. The van der Waals surface area contributed by atoms with E-state index in [0.717, 1.165) is 25.1 Å². The Labute approximate surface area is 125 Å². The first-order chi connectivity index (χ1) is 10.1. The minimum absolute atomic E-state index is 0.154. The summed E-state index contributed by atoms with van der Waals surface area (Å²) in [6.07, 6.45) is 1.51. The second-order valence-corrected chi connectivity index (χ2v) is 5.57. The summed E-state index contributed by atoms with van der Waals surface area (Å²) < 4.78 is 10.6. The number of carbonyl (C=O) groups is 1. The van der Waals surface area contributed by atoms with Gasteiger partial charge in [0.1, 0.15) is 11.5 Å². The van der Waals surface area contributed by atoms with Crippen LogP contribution >= 0.6 is 0 Å². The number of nitrogens with zero attached hydrogens (tertiary/aromatic N) is 1. The van der Waals surface area contributed by atoms with Crippen LogP contribution < -0.4 is 9.47 Å². The summed E-state index contributed by atoms with van der Waals surface area (Å²) in [6.45, 7) is 3.60. The molecule has 5 heteroatoms. The molecule has 21 heavy (non-hydrogen) atoms. The molecule has 0 amide bonds. The molecular weight excluding hydrogens is 270 g/mol. The Bertz CT molecular complexity index is 454. The van der Waals surface area contributed by atoms with Crippen LogP contribution in [0.25, 0.3) is 0 Å². The number of aliphatic hydroxyl groups is 1. The molecule has 0 bridgehead atoms. The van der Waals surface area contributed by atoms with E-state index in [-0.39, 0.29) is 18.6 Å². The number of carbonyl (C=O) groups excluding carboxylic acids is 1. The molecule has 1 aromatic carbocycles. The van der Waals surface area contributed by atoms with E-state index < -0.39 is 0 Å². The first-order valence-electron chi connectivity index (χ1n) is 7.37. The topological polar surface area (TPSA) is 59.0 Å². The smallest absolute Gasteiger partial charge is 0.325 e. The molecule has 1 fully saturated rings. The van der Waals surface area contributed by atoms with Crippen molar-refractivity contribution in [3.05, 3.63) is 24.3 Å². The molecule has 0 aliphatic heterocycles. The first-order valence-corrected chi connectivity index (χ1v) is 7.37. The SMILES string of the molecule is CCOc1ccc(OC(=O)CN(C)CC2CC(O)C2)cc1. The molecule has 1 N–H and O–H groups in total. The van der Waals surface area contributed by atoms with Crippen molar-refractivity contribution < 1.29 is 19.4 Å². The first kappa shape index (κ1) is 15.8. The number of rotatable bonds is 7. The Hall–Kier alpha value is -1.59. The van der Waals surface area contributed by atoms with Crippen molar-refractivity contribution in [2.24, 2.45) is 5.92 Å². The molecule has 0 heterocycles. The van der Waals surface area contributed by atoms with Crippen molar-refractivity contribution in [3.63, 3.8) is 0 Å². The van der Waals surface area contributed by atoms with Crippen LogP contribution in [0.5, 0.6) is 11.5 Å². The van der Waals surface area contributed by atoms with Crippen molar-refractivity contribution in [1.82, 2.24) is 4.90 Å². The lowest BCUT2D eigenvalue weighted by atomic mass is 9.82. The lowest BCUT2D eigenvalue weighted by molar-refractivity contribution is -0.135. The van der Waals surface area contributed by atoms with E-state index in [2.05, 4.69) is 0 Å². The maximum absolute atomic E-state index is 11.8. The van der Waals surface area contributed by atoms with Crippen molar-refractivity contribution in [3.8, 4) is 11.5 Å². The van der Waals surface area contributed by atoms with Crippen LogP contribution in [-0.4, -0.2) is 48.8 Å². The summed E-state index contributed by atoms with van der Waals surface area (Å²) in [5, 5.41) is 9.25. The molecule has 0 atom stereocenters. The monoisotopic (exact) mass is 293 g/mol. The van der Waals surface area contributed by atoms with E-state index in [1.54, 1.807) is 24.3 Å². The lowest BCUT2D eigenvalue weighted by Gasteiger charge is -2.34. The second-order valence-electron chi connectivity index (χ2n) is 5.57. The van der Waals surface area contributed by atoms with Gasteiger partial charge in [0, 0.05) is 6.54 Å². The van der Waals surface area contributed by atoms with Gasteiger partial charge >= 0.3 is 5.97 Å². The minimum Gasteiger partial charge on any atom is -0.494 e. The van der Waals surface area contributed by atoms with Gasteiger partial charge in [0.05, 0.1) is 19.3 Å². The summed E-state index contributed by atoms with van der Waals surface area (Å²) in [6, 6.07) is 7.02. The fourth-order valence-electron chi connectivity index (χ4n) is 2.51. The zero-order valence-corrected chi connectivity index (χ0v) is 12.6. The van der Waals surface area contributed by atoms with Crippen molar-refractivity contribution in [2.75, 3.05) is 26.7 Å². The number of ether oxygens (including phenoxy) is 2.